The van der Waals surface area contributed by atoms with Gasteiger partial charge >= 0.3 is 12.1 Å². The number of esters is 1. The number of hydrogen-bond donors (Lipinski definition) is 0. The summed E-state index contributed by atoms with van der Waals surface area (Å²) in [6, 6.07) is 0. The van der Waals surface area contributed by atoms with Crippen molar-refractivity contribution in [3.05, 3.63) is 11.6 Å². The molecule has 0 bridgehead atoms. The maximum atomic E-state index is 12.2. The summed E-state index contributed by atoms with van der Waals surface area (Å²) in [5.41, 5.74) is -0.796. The first-order valence-corrected chi connectivity index (χ1v) is 7.31. The Morgan fingerprint density at radius 1 is 1.05 bits per heavy atom. The summed E-state index contributed by atoms with van der Waals surface area (Å²) in [5, 5.41) is 0. The van der Waals surface area contributed by atoms with Crippen molar-refractivity contribution in [2.24, 2.45) is 0 Å². The van der Waals surface area contributed by atoms with E-state index in [1.807, 2.05) is 0 Å². The first-order chi connectivity index (χ1) is 9.48. The van der Waals surface area contributed by atoms with Gasteiger partial charge in [0.15, 0.2) is 0 Å². The number of rotatable bonds is 2. The fraction of sp³-hybridized carbons (Fsp3) is 0.750. The van der Waals surface area contributed by atoms with Crippen LogP contribution in [0.1, 0.15) is 60.8 Å². The Morgan fingerprint density at radius 2 is 1.62 bits per heavy atom. The number of allylic oxidation sites excluding steroid dienone is 1. The molecule has 0 heterocycles. The molecule has 0 radical (unpaired) electrons. The van der Waals surface area contributed by atoms with Crippen LogP contribution in [-0.2, 0) is 19.0 Å². The highest BCUT2D eigenvalue weighted by Crippen LogP contribution is 2.25. The molecular formula is C16H26O5. The van der Waals surface area contributed by atoms with Gasteiger partial charge in [-0.25, -0.2) is 9.59 Å². The van der Waals surface area contributed by atoms with E-state index in [4.69, 9.17) is 14.2 Å². The van der Waals surface area contributed by atoms with Crippen molar-refractivity contribution in [1.82, 2.24) is 0 Å². The van der Waals surface area contributed by atoms with Crippen LogP contribution in [0.15, 0.2) is 11.6 Å². The van der Waals surface area contributed by atoms with Gasteiger partial charge in [0.05, 0.1) is 5.57 Å². The molecule has 0 spiro atoms. The van der Waals surface area contributed by atoms with Crippen LogP contribution >= 0.6 is 0 Å². The summed E-state index contributed by atoms with van der Waals surface area (Å²) < 4.78 is 15.8. The Labute approximate surface area is 126 Å². The van der Waals surface area contributed by atoms with E-state index in [-0.39, 0.29) is 0 Å². The van der Waals surface area contributed by atoms with Crippen LogP contribution in [0.3, 0.4) is 0 Å². The molecule has 1 aliphatic carbocycles. The highest BCUT2D eigenvalue weighted by molar-refractivity contribution is 5.90. The van der Waals surface area contributed by atoms with Crippen LogP contribution in [0.5, 0.6) is 0 Å². The Hall–Kier alpha value is -1.52. The molecule has 1 aliphatic rings. The molecule has 5 nitrogen and oxygen atoms in total. The van der Waals surface area contributed by atoms with Gasteiger partial charge in [0, 0.05) is 0 Å². The van der Waals surface area contributed by atoms with Gasteiger partial charge in [0.2, 0.25) is 0 Å². The molecule has 1 atom stereocenters. The predicted molar refractivity (Wildman–Crippen MR) is 78.9 cm³/mol. The zero-order valence-corrected chi connectivity index (χ0v) is 13.8. The second-order valence-corrected chi connectivity index (χ2v) is 7.16. The normalized spacial score (nSPS) is 19.5. The lowest BCUT2D eigenvalue weighted by molar-refractivity contribution is -0.151. The van der Waals surface area contributed by atoms with Gasteiger partial charge in [-0.05, 0) is 60.8 Å². The Morgan fingerprint density at radius 3 is 2.14 bits per heavy atom. The van der Waals surface area contributed by atoms with E-state index in [0.29, 0.717) is 12.0 Å². The van der Waals surface area contributed by atoms with Crippen molar-refractivity contribution in [2.75, 3.05) is 0 Å². The highest BCUT2D eigenvalue weighted by Gasteiger charge is 2.31. The zero-order valence-electron chi connectivity index (χ0n) is 13.8. The minimum atomic E-state index is -0.760. The monoisotopic (exact) mass is 298 g/mol. The summed E-state index contributed by atoms with van der Waals surface area (Å²) in [7, 11) is 0. The molecule has 1 unspecified atom stereocenters. The van der Waals surface area contributed by atoms with E-state index in [2.05, 4.69) is 0 Å². The van der Waals surface area contributed by atoms with E-state index < -0.39 is 29.4 Å². The van der Waals surface area contributed by atoms with Crippen LogP contribution in [0.4, 0.5) is 4.79 Å². The van der Waals surface area contributed by atoms with Gasteiger partial charge in [-0.15, -0.1) is 0 Å². The van der Waals surface area contributed by atoms with E-state index in [0.717, 1.165) is 12.8 Å². The lowest BCUT2D eigenvalue weighted by atomic mass is 9.96. The SMILES string of the molecule is CC(C)(C)OC(=O)OC1CCCC=C1C(=O)OC(C)(C)C. The quantitative estimate of drug-likeness (QED) is 0.726. The summed E-state index contributed by atoms with van der Waals surface area (Å²) in [6.07, 6.45) is 2.67. The lowest BCUT2D eigenvalue weighted by Gasteiger charge is -2.27. The summed E-state index contributed by atoms with van der Waals surface area (Å²) in [5.74, 6) is -0.434. The molecule has 0 saturated heterocycles. The van der Waals surface area contributed by atoms with Crippen molar-refractivity contribution >= 4 is 12.1 Å². The van der Waals surface area contributed by atoms with Crippen molar-refractivity contribution in [3.63, 3.8) is 0 Å². The third-order valence-corrected chi connectivity index (χ3v) is 2.64. The smallest absolute Gasteiger partial charge is 0.457 e. The molecule has 0 aromatic carbocycles. The van der Waals surface area contributed by atoms with E-state index >= 15 is 0 Å². The average molecular weight is 298 g/mol. The Balaban J connectivity index is 2.72. The van der Waals surface area contributed by atoms with Gasteiger partial charge in [0.1, 0.15) is 17.3 Å². The molecule has 0 N–H and O–H groups in total. The third-order valence-electron chi connectivity index (χ3n) is 2.64. The average Bonchev–Trinajstić information content (AvgIpc) is 2.24. The highest BCUT2D eigenvalue weighted by atomic mass is 16.7. The van der Waals surface area contributed by atoms with Gasteiger partial charge in [0.25, 0.3) is 0 Å². The van der Waals surface area contributed by atoms with Crippen molar-refractivity contribution < 1.29 is 23.8 Å². The maximum absolute atomic E-state index is 12.2. The second-order valence-electron chi connectivity index (χ2n) is 7.16. The Bertz CT molecular complexity index is 423. The molecule has 5 heteroatoms. The topological polar surface area (TPSA) is 61.8 Å². The van der Waals surface area contributed by atoms with Crippen LogP contribution in [0.25, 0.3) is 0 Å². The van der Waals surface area contributed by atoms with Gasteiger partial charge in [-0.2, -0.15) is 0 Å². The third kappa shape index (κ3) is 6.65. The molecule has 0 aliphatic heterocycles. The summed E-state index contributed by atoms with van der Waals surface area (Å²) in [4.78, 5) is 23.9. The first-order valence-electron chi connectivity index (χ1n) is 7.31. The van der Waals surface area contributed by atoms with Gasteiger partial charge < -0.3 is 14.2 Å². The van der Waals surface area contributed by atoms with Crippen LogP contribution in [0.2, 0.25) is 0 Å². The van der Waals surface area contributed by atoms with E-state index in [9.17, 15) is 9.59 Å². The molecule has 0 amide bonds. The second kappa shape index (κ2) is 6.50. The number of ether oxygens (including phenoxy) is 3. The molecule has 0 aromatic heterocycles. The zero-order chi connectivity index (χ0) is 16.3. The molecule has 0 aromatic rings. The number of carbonyl (C=O) groups is 2. The fourth-order valence-corrected chi connectivity index (χ4v) is 1.91. The predicted octanol–water partition coefficient (Wildman–Crippen LogP) is 3.76. The number of carbonyl (C=O) groups excluding carboxylic acids is 2. The number of hydrogen-bond acceptors (Lipinski definition) is 5. The van der Waals surface area contributed by atoms with E-state index in [1.165, 1.54) is 0 Å². The molecule has 120 valence electrons. The van der Waals surface area contributed by atoms with E-state index in [1.54, 1.807) is 47.6 Å². The molecule has 0 saturated carbocycles. The largest absolute Gasteiger partial charge is 0.509 e. The molecule has 0 fully saturated rings. The molecule has 21 heavy (non-hydrogen) atoms. The summed E-state index contributed by atoms with van der Waals surface area (Å²) >= 11 is 0. The minimum Gasteiger partial charge on any atom is -0.457 e. The Kier molecular flexibility index (Phi) is 5.42. The fourth-order valence-electron chi connectivity index (χ4n) is 1.91. The lowest BCUT2D eigenvalue weighted by Crippen LogP contribution is -2.34. The van der Waals surface area contributed by atoms with Crippen molar-refractivity contribution in [3.8, 4) is 0 Å². The van der Waals surface area contributed by atoms with Gasteiger partial charge in [-0.3, -0.25) is 0 Å². The minimum absolute atomic E-state index is 0.405. The van der Waals surface area contributed by atoms with Crippen LogP contribution in [-0.4, -0.2) is 29.4 Å². The standard InChI is InChI=1S/C16H26O5/c1-15(2,3)20-13(17)11-9-7-8-10-12(11)19-14(18)21-16(4,5)6/h9,12H,7-8,10H2,1-6H3. The summed E-state index contributed by atoms with van der Waals surface area (Å²) in [6.45, 7) is 10.7. The maximum Gasteiger partial charge on any atom is 0.509 e. The van der Waals surface area contributed by atoms with Crippen molar-refractivity contribution in [1.29, 1.82) is 0 Å². The molecular weight excluding hydrogens is 272 g/mol. The van der Waals surface area contributed by atoms with Crippen LogP contribution < -0.4 is 0 Å². The van der Waals surface area contributed by atoms with Crippen LogP contribution in [0, 0.1) is 0 Å². The molecule has 1 rings (SSSR count). The first kappa shape index (κ1) is 17.5. The van der Waals surface area contributed by atoms with Crippen molar-refractivity contribution in [2.45, 2.75) is 78.1 Å². The van der Waals surface area contributed by atoms with Gasteiger partial charge in [-0.1, -0.05) is 6.08 Å².